The molecular weight excluding hydrogens is 212 g/mol. The first-order chi connectivity index (χ1) is 8.15. The van der Waals surface area contributed by atoms with E-state index in [0.717, 1.165) is 25.2 Å². The third-order valence-corrected chi connectivity index (χ3v) is 3.25. The molecule has 1 heterocycles. The van der Waals surface area contributed by atoms with E-state index in [1.54, 1.807) is 0 Å². The van der Waals surface area contributed by atoms with Gasteiger partial charge in [0, 0.05) is 18.8 Å². The van der Waals surface area contributed by atoms with E-state index in [0.29, 0.717) is 5.92 Å². The largest absolute Gasteiger partial charge is 0.324 e. The smallest absolute Gasteiger partial charge is 0.321 e. The zero-order valence-electron chi connectivity index (χ0n) is 10.6. The van der Waals surface area contributed by atoms with E-state index in [-0.39, 0.29) is 6.03 Å². The number of nitrogens with zero attached hydrogens (tertiary/aromatic N) is 1. The van der Waals surface area contributed by atoms with E-state index < -0.39 is 0 Å². The number of benzene rings is 1. The average Bonchev–Trinajstić information content (AvgIpc) is 2.32. The van der Waals surface area contributed by atoms with Crippen molar-refractivity contribution in [2.24, 2.45) is 5.92 Å². The van der Waals surface area contributed by atoms with Crippen molar-refractivity contribution < 1.29 is 4.79 Å². The predicted octanol–water partition coefficient (Wildman–Crippen LogP) is 3.26. The number of hydrogen-bond donors (Lipinski definition) is 1. The highest BCUT2D eigenvalue weighted by atomic mass is 16.2. The number of carbonyl (C=O) groups excluding carboxylic acids is 1. The summed E-state index contributed by atoms with van der Waals surface area (Å²) in [6.07, 6.45) is 2.34. The van der Waals surface area contributed by atoms with Crippen molar-refractivity contribution in [1.29, 1.82) is 0 Å². The van der Waals surface area contributed by atoms with Crippen molar-refractivity contribution in [1.82, 2.24) is 4.90 Å². The molecule has 3 heteroatoms. The van der Waals surface area contributed by atoms with Crippen LogP contribution in [0.15, 0.2) is 24.3 Å². The van der Waals surface area contributed by atoms with Crippen LogP contribution in [0.3, 0.4) is 0 Å². The first kappa shape index (κ1) is 12.0. The Morgan fingerprint density at radius 2 is 2.06 bits per heavy atom. The van der Waals surface area contributed by atoms with Crippen LogP contribution in [0.5, 0.6) is 0 Å². The minimum Gasteiger partial charge on any atom is -0.324 e. The summed E-state index contributed by atoms with van der Waals surface area (Å²) in [5.41, 5.74) is 2.08. The zero-order valence-corrected chi connectivity index (χ0v) is 10.6. The summed E-state index contributed by atoms with van der Waals surface area (Å²) in [5, 5.41) is 2.95. The Balaban J connectivity index is 1.94. The quantitative estimate of drug-likeness (QED) is 0.792. The lowest BCUT2D eigenvalue weighted by atomic mass is 10.0. The standard InChI is InChI=1S/C14H20N2O/c1-11-5-7-13(8-6-11)15-14(17)16-9-3-4-12(2)10-16/h5-8,12H,3-4,9-10H2,1-2H3,(H,15,17)/t12-/m1/s1. The van der Waals surface area contributed by atoms with Crippen molar-refractivity contribution >= 4 is 11.7 Å². The molecule has 1 aromatic carbocycles. The number of amides is 2. The van der Waals surface area contributed by atoms with E-state index >= 15 is 0 Å². The fourth-order valence-electron chi connectivity index (χ4n) is 2.21. The van der Waals surface area contributed by atoms with Gasteiger partial charge in [-0.1, -0.05) is 24.6 Å². The van der Waals surface area contributed by atoms with Gasteiger partial charge in [-0.3, -0.25) is 0 Å². The van der Waals surface area contributed by atoms with E-state index in [9.17, 15) is 4.79 Å². The number of likely N-dealkylation sites (tertiary alicyclic amines) is 1. The van der Waals surface area contributed by atoms with Gasteiger partial charge in [-0.25, -0.2) is 4.79 Å². The van der Waals surface area contributed by atoms with Gasteiger partial charge in [-0.05, 0) is 37.8 Å². The van der Waals surface area contributed by atoms with Gasteiger partial charge >= 0.3 is 6.03 Å². The minimum absolute atomic E-state index is 0.0282. The van der Waals surface area contributed by atoms with Gasteiger partial charge in [0.05, 0.1) is 0 Å². The molecule has 0 aromatic heterocycles. The number of piperidine rings is 1. The van der Waals surface area contributed by atoms with Crippen LogP contribution >= 0.6 is 0 Å². The number of anilines is 1. The van der Waals surface area contributed by atoms with Crippen molar-refractivity contribution in [2.45, 2.75) is 26.7 Å². The highest BCUT2D eigenvalue weighted by molar-refractivity contribution is 5.89. The van der Waals surface area contributed by atoms with E-state index in [1.165, 1.54) is 12.0 Å². The summed E-state index contributed by atoms with van der Waals surface area (Å²) < 4.78 is 0. The molecule has 3 nitrogen and oxygen atoms in total. The average molecular weight is 232 g/mol. The molecule has 2 rings (SSSR count). The highest BCUT2D eigenvalue weighted by Gasteiger charge is 2.20. The predicted molar refractivity (Wildman–Crippen MR) is 70.2 cm³/mol. The fraction of sp³-hybridized carbons (Fsp3) is 0.500. The molecule has 1 aliphatic rings. The van der Waals surface area contributed by atoms with E-state index in [4.69, 9.17) is 0 Å². The number of nitrogens with one attached hydrogen (secondary N) is 1. The van der Waals surface area contributed by atoms with Crippen LogP contribution in [0.1, 0.15) is 25.3 Å². The molecule has 0 radical (unpaired) electrons. The zero-order chi connectivity index (χ0) is 12.3. The van der Waals surface area contributed by atoms with Crippen LogP contribution in [0.4, 0.5) is 10.5 Å². The maximum atomic E-state index is 12.0. The number of rotatable bonds is 1. The Labute approximate surface area is 103 Å². The van der Waals surface area contributed by atoms with Crippen molar-refractivity contribution in [2.75, 3.05) is 18.4 Å². The van der Waals surface area contributed by atoms with Gasteiger partial charge in [0.1, 0.15) is 0 Å². The van der Waals surface area contributed by atoms with Crippen molar-refractivity contribution in [3.63, 3.8) is 0 Å². The van der Waals surface area contributed by atoms with E-state index in [2.05, 4.69) is 12.2 Å². The molecule has 1 fully saturated rings. The third kappa shape index (κ3) is 3.22. The molecule has 0 saturated carbocycles. The molecule has 1 aliphatic heterocycles. The molecule has 1 atom stereocenters. The molecule has 0 spiro atoms. The summed E-state index contributed by atoms with van der Waals surface area (Å²) >= 11 is 0. The van der Waals surface area contributed by atoms with Gasteiger partial charge < -0.3 is 10.2 Å². The highest BCUT2D eigenvalue weighted by Crippen LogP contribution is 2.17. The normalized spacial score (nSPS) is 20.1. The number of aryl methyl sites for hydroxylation is 1. The third-order valence-electron chi connectivity index (χ3n) is 3.25. The molecule has 92 valence electrons. The molecule has 1 saturated heterocycles. The number of hydrogen-bond acceptors (Lipinski definition) is 1. The Morgan fingerprint density at radius 1 is 1.35 bits per heavy atom. The van der Waals surface area contributed by atoms with Crippen molar-refractivity contribution in [3.8, 4) is 0 Å². The van der Waals surface area contributed by atoms with Gasteiger partial charge in [0.25, 0.3) is 0 Å². The molecule has 1 N–H and O–H groups in total. The molecule has 0 aliphatic carbocycles. The van der Waals surface area contributed by atoms with Gasteiger partial charge in [0.2, 0.25) is 0 Å². The molecule has 17 heavy (non-hydrogen) atoms. The Bertz CT molecular complexity index is 386. The molecule has 1 aromatic rings. The fourth-order valence-corrected chi connectivity index (χ4v) is 2.21. The second-order valence-corrected chi connectivity index (χ2v) is 4.99. The van der Waals surface area contributed by atoms with Gasteiger partial charge in [-0.2, -0.15) is 0 Å². The van der Waals surface area contributed by atoms with E-state index in [1.807, 2.05) is 36.1 Å². The molecule has 0 unspecified atom stereocenters. The molecule has 2 amide bonds. The van der Waals surface area contributed by atoms with Crippen LogP contribution in [-0.2, 0) is 0 Å². The summed E-state index contributed by atoms with van der Waals surface area (Å²) in [7, 11) is 0. The van der Waals surface area contributed by atoms with Gasteiger partial charge in [0.15, 0.2) is 0 Å². The topological polar surface area (TPSA) is 32.3 Å². The van der Waals surface area contributed by atoms with Crippen LogP contribution < -0.4 is 5.32 Å². The summed E-state index contributed by atoms with van der Waals surface area (Å²) in [6.45, 7) is 5.99. The van der Waals surface area contributed by atoms with Crippen LogP contribution in [0.25, 0.3) is 0 Å². The molecule has 0 bridgehead atoms. The maximum Gasteiger partial charge on any atom is 0.321 e. The Hall–Kier alpha value is -1.51. The van der Waals surface area contributed by atoms with Crippen LogP contribution in [0, 0.1) is 12.8 Å². The lowest BCUT2D eigenvalue weighted by Gasteiger charge is -2.30. The van der Waals surface area contributed by atoms with Gasteiger partial charge in [-0.15, -0.1) is 0 Å². The SMILES string of the molecule is Cc1ccc(NC(=O)N2CCC[C@@H](C)C2)cc1. The summed E-state index contributed by atoms with van der Waals surface area (Å²) in [5.74, 6) is 0.618. The monoisotopic (exact) mass is 232 g/mol. The number of carbonyl (C=O) groups is 1. The first-order valence-corrected chi connectivity index (χ1v) is 6.28. The Morgan fingerprint density at radius 3 is 2.71 bits per heavy atom. The second kappa shape index (κ2) is 5.21. The Kier molecular flexibility index (Phi) is 3.67. The van der Waals surface area contributed by atoms with Crippen LogP contribution in [-0.4, -0.2) is 24.0 Å². The summed E-state index contributed by atoms with van der Waals surface area (Å²) in [6, 6.07) is 7.93. The molecular formula is C14H20N2O. The second-order valence-electron chi connectivity index (χ2n) is 4.99. The summed E-state index contributed by atoms with van der Waals surface area (Å²) in [4.78, 5) is 13.9. The van der Waals surface area contributed by atoms with Crippen LogP contribution in [0.2, 0.25) is 0 Å². The van der Waals surface area contributed by atoms with Crippen molar-refractivity contribution in [3.05, 3.63) is 29.8 Å². The lowest BCUT2D eigenvalue weighted by Crippen LogP contribution is -2.41. The minimum atomic E-state index is 0.0282. The number of urea groups is 1. The first-order valence-electron chi connectivity index (χ1n) is 6.28. The maximum absolute atomic E-state index is 12.0. The lowest BCUT2D eigenvalue weighted by molar-refractivity contribution is 0.182.